The van der Waals surface area contributed by atoms with E-state index in [4.69, 9.17) is 16.3 Å². The molecule has 5 rings (SSSR count). The van der Waals surface area contributed by atoms with Crippen LogP contribution < -0.4 is 4.74 Å². The second kappa shape index (κ2) is 10.7. The number of thioether (sulfide) groups is 1. The molecule has 2 aromatic heterocycles. The minimum Gasteiger partial charge on any atom is -0.497 e. The lowest BCUT2D eigenvalue weighted by atomic mass is 10.0. The number of fused-ring (bicyclic) bond motifs is 1. The van der Waals surface area contributed by atoms with Crippen molar-refractivity contribution in [1.29, 1.82) is 0 Å². The average molecular weight is 532 g/mol. The van der Waals surface area contributed by atoms with Gasteiger partial charge in [-0.05, 0) is 29.3 Å². The molecule has 180 valence electrons. The standard InChI is InChI=1S/C28H22ClN3O2S2/c1-3-15-32-27(26-25(29)22-14-13-21(34-2)16-24(22)36-26)30-31-28(32)35-17-23(33)20-11-9-19(10-12-20)18-7-5-4-6-8-18/h3-14,16H,1,15,17H2,2H3. The molecule has 0 aliphatic carbocycles. The summed E-state index contributed by atoms with van der Waals surface area (Å²) in [5, 5.41) is 11.0. The summed E-state index contributed by atoms with van der Waals surface area (Å²) >= 11 is 9.63. The monoisotopic (exact) mass is 531 g/mol. The number of rotatable bonds is 9. The zero-order valence-corrected chi connectivity index (χ0v) is 21.9. The number of allylic oxidation sites excluding steroid dienone is 1. The van der Waals surface area contributed by atoms with Crippen LogP contribution in [0, 0.1) is 0 Å². The number of benzene rings is 3. The van der Waals surface area contributed by atoms with E-state index >= 15 is 0 Å². The zero-order chi connectivity index (χ0) is 25.1. The van der Waals surface area contributed by atoms with Crippen LogP contribution in [0.25, 0.3) is 31.9 Å². The van der Waals surface area contributed by atoms with Gasteiger partial charge in [-0.3, -0.25) is 9.36 Å². The predicted molar refractivity (Wildman–Crippen MR) is 150 cm³/mol. The maximum Gasteiger partial charge on any atom is 0.192 e. The van der Waals surface area contributed by atoms with Crippen molar-refractivity contribution in [2.75, 3.05) is 12.9 Å². The van der Waals surface area contributed by atoms with Crippen molar-refractivity contribution in [3.05, 3.63) is 96.0 Å². The first-order valence-corrected chi connectivity index (χ1v) is 13.4. The maximum absolute atomic E-state index is 12.9. The van der Waals surface area contributed by atoms with E-state index in [0.717, 1.165) is 31.8 Å². The number of hydrogen-bond donors (Lipinski definition) is 0. The molecule has 0 radical (unpaired) electrons. The van der Waals surface area contributed by atoms with Gasteiger partial charge in [-0.15, -0.1) is 28.1 Å². The molecule has 0 N–H and O–H groups in total. The minimum atomic E-state index is 0.0290. The molecule has 0 aliphatic rings. The molecule has 5 nitrogen and oxygen atoms in total. The third-order valence-electron chi connectivity index (χ3n) is 5.71. The Hall–Kier alpha value is -3.39. The molecule has 0 saturated heterocycles. The summed E-state index contributed by atoms with van der Waals surface area (Å²) < 4.78 is 8.29. The number of ketones is 1. The predicted octanol–water partition coefficient (Wildman–Crippen LogP) is 7.65. The van der Waals surface area contributed by atoms with Gasteiger partial charge in [-0.2, -0.15) is 0 Å². The SMILES string of the molecule is C=CCn1c(SCC(=O)c2ccc(-c3ccccc3)cc2)nnc1-c1sc2cc(OC)ccc2c1Cl. The van der Waals surface area contributed by atoms with E-state index in [1.54, 1.807) is 13.2 Å². The van der Waals surface area contributed by atoms with Crippen LogP contribution in [-0.4, -0.2) is 33.4 Å². The number of ether oxygens (including phenoxy) is 1. The Labute approximate surface area is 222 Å². The summed E-state index contributed by atoms with van der Waals surface area (Å²) in [6, 6.07) is 23.6. The van der Waals surface area contributed by atoms with Gasteiger partial charge in [-0.25, -0.2) is 0 Å². The molecule has 0 aliphatic heterocycles. The van der Waals surface area contributed by atoms with Crippen LogP contribution in [0.15, 0.2) is 90.6 Å². The van der Waals surface area contributed by atoms with Crippen LogP contribution in [-0.2, 0) is 6.54 Å². The number of thiophene rings is 1. The van der Waals surface area contributed by atoms with Crippen LogP contribution in [0.5, 0.6) is 5.75 Å². The van der Waals surface area contributed by atoms with Crippen LogP contribution >= 0.6 is 34.7 Å². The number of aromatic nitrogens is 3. The van der Waals surface area contributed by atoms with Crippen LogP contribution in [0.2, 0.25) is 5.02 Å². The Bertz CT molecular complexity index is 1540. The first-order valence-electron chi connectivity index (χ1n) is 11.2. The highest BCUT2D eigenvalue weighted by Crippen LogP contribution is 2.43. The van der Waals surface area contributed by atoms with E-state index < -0.39 is 0 Å². The van der Waals surface area contributed by atoms with E-state index in [1.807, 2.05) is 65.2 Å². The Morgan fingerprint density at radius 2 is 1.83 bits per heavy atom. The molecular formula is C28H22ClN3O2S2. The van der Waals surface area contributed by atoms with Crippen molar-refractivity contribution in [2.45, 2.75) is 11.7 Å². The largest absolute Gasteiger partial charge is 0.497 e. The third-order valence-corrected chi connectivity index (χ3v) is 8.33. The van der Waals surface area contributed by atoms with Crippen molar-refractivity contribution >= 4 is 50.6 Å². The van der Waals surface area contributed by atoms with Crippen molar-refractivity contribution in [2.24, 2.45) is 0 Å². The Morgan fingerprint density at radius 1 is 1.08 bits per heavy atom. The summed E-state index contributed by atoms with van der Waals surface area (Å²) in [6.45, 7) is 4.38. The van der Waals surface area contributed by atoms with Gasteiger partial charge in [0.2, 0.25) is 0 Å². The van der Waals surface area contributed by atoms with Gasteiger partial charge in [0.25, 0.3) is 0 Å². The fraction of sp³-hybridized carbons (Fsp3) is 0.107. The molecule has 2 heterocycles. The van der Waals surface area contributed by atoms with Gasteiger partial charge in [0.1, 0.15) is 5.75 Å². The first kappa shape index (κ1) is 24.3. The number of hydrogen-bond acceptors (Lipinski definition) is 6. The normalized spacial score (nSPS) is 11.1. The molecule has 36 heavy (non-hydrogen) atoms. The average Bonchev–Trinajstić information content (AvgIpc) is 3.47. The minimum absolute atomic E-state index is 0.0290. The van der Waals surface area contributed by atoms with Crippen molar-refractivity contribution in [3.63, 3.8) is 0 Å². The summed E-state index contributed by atoms with van der Waals surface area (Å²) in [5.74, 6) is 1.70. The molecule has 3 aromatic carbocycles. The Kier molecular flexibility index (Phi) is 7.23. The van der Waals surface area contributed by atoms with E-state index in [-0.39, 0.29) is 11.5 Å². The smallest absolute Gasteiger partial charge is 0.192 e. The van der Waals surface area contributed by atoms with Gasteiger partial charge in [0.05, 0.1) is 22.8 Å². The van der Waals surface area contributed by atoms with Gasteiger partial charge in [0, 0.05) is 22.2 Å². The topological polar surface area (TPSA) is 57.0 Å². The number of nitrogens with zero attached hydrogens (tertiary/aromatic N) is 3. The lowest BCUT2D eigenvalue weighted by molar-refractivity contribution is 0.102. The second-order valence-electron chi connectivity index (χ2n) is 7.97. The number of Topliss-reactive ketones (excluding diaryl/α,β-unsaturated/α-hetero) is 1. The lowest BCUT2D eigenvalue weighted by Gasteiger charge is -2.07. The molecule has 0 unspecified atom stereocenters. The van der Waals surface area contributed by atoms with E-state index in [9.17, 15) is 4.79 Å². The summed E-state index contributed by atoms with van der Waals surface area (Å²) in [4.78, 5) is 13.7. The molecule has 0 fully saturated rings. The highest BCUT2D eigenvalue weighted by Gasteiger charge is 2.21. The molecule has 0 saturated carbocycles. The highest BCUT2D eigenvalue weighted by molar-refractivity contribution is 7.99. The fourth-order valence-corrected chi connectivity index (χ4v) is 6.25. The molecular weight excluding hydrogens is 510 g/mol. The van der Waals surface area contributed by atoms with Gasteiger partial charge >= 0.3 is 0 Å². The number of carbonyl (C=O) groups excluding carboxylic acids is 1. The Morgan fingerprint density at radius 3 is 2.56 bits per heavy atom. The van der Waals surface area contributed by atoms with Crippen molar-refractivity contribution in [3.8, 4) is 27.6 Å². The maximum atomic E-state index is 12.9. The summed E-state index contributed by atoms with van der Waals surface area (Å²) in [5.41, 5.74) is 2.86. The number of halogens is 1. The Balaban J connectivity index is 1.36. The van der Waals surface area contributed by atoms with Crippen LogP contribution in [0.3, 0.4) is 0 Å². The number of methoxy groups -OCH3 is 1. The van der Waals surface area contributed by atoms with Crippen LogP contribution in [0.1, 0.15) is 10.4 Å². The molecule has 0 spiro atoms. The molecule has 0 bridgehead atoms. The first-order chi connectivity index (χ1) is 17.6. The van der Waals surface area contributed by atoms with E-state index in [2.05, 4.69) is 28.9 Å². The van der Waals surface area contributed by atoms with Crippen LogP contribution in [0.4, 0.5) is 0 Å². The van der Waals surface area contributed by atoms with Gasteiger partial charge in [-0.1, -0.05) is 84.0 Å². The molecule has 0 amide bonds. The summed E-state index contributed by atoms with van der Waals surface area (Å²) in [7, 11) is 1.64. The van der Waals surface area contributed by atoms with E-state index in [1.165, 1.54) is 23.1 Å². The van der Waals surface area contributed by atoms with E-state index in [0.29, 0.717) is 28.1 Å². The zero-order valence-electron chi connectivity index (χ0n) is 19.5. The highest BCUT2D eigenvalue weighted by atomic mass is 35.5. The van der Waals surface area contributed by atoms with Crippen molar-refractivity contribution in [1.82, 2.24) is 14.8 Å². The summed E-state index contributed by atoms with van der Waals surface area (Å²) in [6.07, 6.45) is 1.78. The number of carbonyl (C=O) groups is 1. The van der Waals surface area contributed by atoms with Gasteiger partial charge < -0.3 is 4.74 Å². The van der Waals surface area contributed by atoms with Gasteiger partial charge in [0.15, 0.2) is 16.8 Å². The molecule has 5 aromatic rings. The fourth-order valence-electron chi connectivity index (χ4n) is 3.87. The molecule has 8 heteroatoms. The lowest BCUT2D eigenvalue weighted by Crippen LogP contribution is -2.05. The second-order valence-corrected chi connectivity index (χ2v) is 10.3. The quantitative estimate of drug-likeness (QED) is 0.111. The van der Waals surface area contributed by atoms with Crippen molar-refractivity contribution < 1.29 is 9.53 Å². The third kappa shape index (κ3) is 4.82. The molecule has 0 atom stereocenters.